The Balaban J connectivity index is 2.48. The molecule has 2 aromatic rings. The van der Waals surface area contributed by atoms with Crippen LogP contribution < -0.4 is 0 Å². The van der Waals surface area contributed by atoms with Crippen molar-refractivity contribution < 1.29 is 14.3 Å². The number of oxazole rings is 1. The quantitative estimate of drug-likeness (QED) is 0.901. The number of carbonyl (C=O) groups is 1. The number of carboxylic acids is 1. The fourth-order valence-electron chi connectivity index (χ4n) is 1.51. The summed E-state index contributed by atoms with van der Waals surface area (Å²) in [5.41, 5.74) is 0.0303. The molecular formula is C12H13NO3S. The normalized spacial score (nSPS) is 12.6. The van der Waals surface area contributed by atoms with Gasteiger partial charge in [0.05, 0.1) is 4.88 Å². The Labute approximate surface area is 103 Å². The van der Waals surface area contributed by atoms with Crippen LogP contribution in [-0.4, -0.2) is 16.1 Å². The Hall–Kier alpha value is -1.62. The van der Waals surface area contributed by atoms with E-state index in [0.717, 1.165) is 11.3 Å². The maximum Gasteiger partial charge on any atom is 0.358 e. The summed E-state index contributed by atoms with van der Waals surface area (Å²) >= 11 is 1.48. The van der Waals surface area contributed by atoms with E-state index >= 15 is 0 Å². The van der Waals surface area contributed by atoms with E-state index in [1.165, 1.54) is 11.3 Å². The highest BCUT2D eigenvalue weighted by atomic mass is 32.1. The molecule has 2 rings (SSSR count). The average molecular weight is 251 g/mol. The molecule has 0 aromatic carbocycles. The number of hydrogen-bond acceptors (Lipinski definition) is 4. The molecule has 0 amide bonds. The van der Waals surface area contributed by atoms with Gasteiger partial charge in [-0.15, -0.1) is 11.3 Å². The monoisotopic (exact) mass is 251 g/mol. The van der Waals surface area contributed by atoms with E-state index in [2.05, 4.69) is 4.98 Å². The predicted octanol–water partition coefficient (Wildman–Crippen LogP) is 3.61. The third-order valence-corrected chi connectivity index (χ3v) is 3.51. The van der Waals surface area contributed by atoms with E-state index in [-0.39, 0.29) is 11.6 Å². The van der Waals surface area contributed by atoms with Crippen molar-refractivity contribution in [2.45, 2.75) is 26.2 Å². The van der Waals surface area contributed by atoms with Gasteiger partial charge in [-0.3, -0.25) is 0 Å². The summed E-state index contributed by atoms with van der Waals surface area (Å²) in [6.45, 7) is 3.93. The van der Waals surface area contributed by atoms with Crippen molar-refractivity contribution in [3.8, 4) is 10.8 Å². The van der Waals surface area contributed by atoms with Crippen molar-refractivity contribution in [3.63, 3.8) is 0 Å². The molecule has 0 bridgehead atoms. The summed E-state index contributed by atoms with van der Waals surface area (Å²) in [6, 6.07) is 3.75. The predicted molar refractivity (Wildman–Crippen MR) is 65.5 cm³/mol. The third-order valence-electron chi connectivity index (χ3n) is 2.65. The average Bonchev–Trinajstić information content (AvgIpc) is 2.95. The van der Waals surface area contributed by atoms with Crippen LogP contribution in [0.3, 0.4) is 0 Å². The zero-order chi connectivity index (χ0) is 12.4. The van der Waals surface area contributed by atoms with Gasteiger partial charge in [-0.25, -0.2) is 9.78 Å². The first kappa shape index (κ1) is 11.9. The van der Waals surface area contributed by atoms with Crippen LogP contribution in [0.5, 0.6) is 0 Å². The van der Waals surface area contributed by atoms with E-state index in [4.69, 9.17) is 9.52 Å². The lowest BCUT2D eigenvalue weighted by atomic mass is 10.0. The molecule has 0 aliphatic carbocycles. The Morgan fingerprint density at radius 2 is 2.41 bits per heavy atom. The Bertz CT molecular complexity index is 516. The molecule has 0 aliphatic rings. The number of nitrogens with zero attached hydrogens (tertiary/aromatic N) is 1. The van der Waals surface area contributed by atoms with Crippen molar-refractivity contribution in [2.24, 2.45) is 0 Å². The van der Waals surface area contributed by atoms with E-state index in [1.807, 2.05) is 31.4 Å². The van der Waals surface area contributed by atoms with Crippen molar-refractivity contribution in [1.82, 2.24) is 4.98 Å². The minimum Gasteiger partial charge on any atom is -0.476 e. The first-order valence-electron chi connectivity index (χ1n) is 5.41. The van der Waals surface area contributed by atoms with Gasteiger partial charge in [0.25, 0.3) is 0 Å². The van der Waals surface area contributed by atoms with Crippen LogP contribution in [0.15, 0.2) is 21.9 Å². The summed E-state index contributed by atoms with van der Waals surface area (Å²) in [6.07, 6.45) is 0.819. The zero-order valence-electron chi connectivity index (χ0n) is 9.64. The lowest BCUT2D eigenvalue weighted by Crippen LogP contribution is -2.03. The second-order valence-corrected chi connectivity index (χ2v) is 4.77. The van der Waals surface area contributed by atoms with Crippen molar-refractivity contribution in [1.29, 1.82) is 0 Å². The lowest BCUT2D eigenvalue weighted by molar-refractivity contribution is 0.0688. The van der Waals surface area contributed by atoms with Crippen LogP contribution in [0.25, 0.3) is 10.8 Å². The smallest absolute Gasteiger partial charge is 0.358 e. The van der Waals surface area contributed by atoms with Gasteiger partial charge in [0.1, 0.15) is 5.76 Å². The molecule has 0 saturated carbocycles. The van der Waals surface area contributed by atoms with Gasteiger partial charge < -0.3 is 9.52 Å². The molecule has 1 unspecified atom stereocenters. The van der Waals surface area contributed by atoms with Gasteiger partial charge in [-0.2, -0.15) is 0 Å². The molecule has 0 aliphatic heterocycles. The summed E-state index contributed by atoms with van der Waals surface area (Å²) in [5, 5.41) is 11.0. The fourth-order valence-corrected chi connectivity index (χ4v) is 2.16. The Morgan fingerprint density at radius 1 is 1.65 bits per heavy atom. The van der Waals surface area contributed by atoms with E-state index in [9.17, 15) is 4.79 Å². The van der Waals surface area contributed by atoms with E-state index in [1.54, 1.807) is 0 Å². The highest BCUT2D eigenvalue weighted by Crippen LogP contribution is 2.30. The van der Waals surface area contributed by atoms with E-state index < -0.39 is 5.97 Å². The highest BCUT2D eigenvalue weighted by molar-refractivity contribution is 7.13. The molecule has 2 aromatic heterocycles. The SMILES string of the molecule is CCC(C)c1oc(-c2cccs2)nc1C(=O)O. The minimum atomic E-state index is -1.04. The zero-order valence-corrected chi connectivity index (χ0v) is 10.5. The molecule has 0 radical (unpaired) electrons. The van der Waals surface area contributed by atoms with Crippen molar-refractivity contribution in [2.75, 3.05) is 0 Å². The number of carboxylic acid groups (broad SMARTS) is 1. The molecule has 0 fully saturated rings. The van der Waals surface area contributed by atoms with Crippen LogP contribution in [0.1, 0.15) is 42.4 Å². The molecule has 4 nitrogen and oxygen atoms in total. The maximum atomic E-state index is 11.1. The third kappa shape index (κ3) is 2.24. The van der Waals surface area contributed by atoms with Crippen molar-refractivity contribution >= 4 is 17.3 Å². The molecule has 17 heavy (non-hydrogen) atoms. The summed E-state index contributed by atoms with van der Waals surface area (Å²) in [7, 11) is 0. The number of aromatic carboxylic acids is 1. The van der Waals surface area contributed by atoms with Crippen molar-refractivity contribution in [3.05, 3.63) is 29.0 Å². The van der Waals surface area contributed by atoms with Crippen LogP contribution in [0.4, 0.5) is 0 Å². The van der Waals surface area contributed by atoms with Crippen LogP contribution in [0.2, 0.25) is 0 Å². The number of rotatable bonds is 4. The molecular weight excluding hydrogens is 238 g/mol. The topological polar surface area (TPSA) is 63.3 Å². The van der Waals surface area contributed by atoms with Gasteiger partial charge in [-0.1, -0.05) is 19.9 Å². The Morgan fingerprint density at radius 3 is 2.94 bits per heavy atom. The van der Waals surface area contributed by atoms with Gasteiger partial charge in [0, 0.05) is 5.92 Å². The molecule has 1 N–H and O–H groups in total. The summed E-state index contributed by atoms with van der Waals surface area (Å²) in [5.74, 6) is -0.120. The minimum absolute atomic E-state index is 0.0303. The molecule has 2 heterocycles. The fraction of sp³-hybridized carbons (Fsp3) is 0.333. The van der Waals surface area contributed by atoms with Gasteiger partial charge in [0.2, 0.25) is 5.89 Å². The lowest BCUT2D eigenvalue weighted by Gasteiger charge is -2.03. The molecule has 0 saturated heterocycles. The first-order chi connectivity index (χ1) is 8.13. The maximum absolute atomic E-state index is 11.1. The number of hydrogen-bond donors (Lipinski definition) is 1. The largest absolute Gasteiger partial charge is 0.476 e. The second kappa shape index (κ2) is 4.71. The number of thiophene rings is 1. The Kier molecular flexibility index (Phi) is 3.28. The van der Waals surface area contributed by atoms with E-state index in [0.29, 0.717) is 11.7 Å². The molecule has 5 heteroatoms. The standard InChI is InChI=1S/C12H13NO3S/c1-3-7(2)10-9(12(14)15)13-11(16-10)8-5-4-6-17-8/h4-7H,3H2,1-2H3,(H,14,15). The van der Waals surface area contributed by atoms with Crippen LogP contribution in [0, 0.1) is 0 Å². The molecule has 90 valence electrons. The van der Waals surface area contributed by atoms with Gasteiger partial charge in [-0.05, 0) is 17.9 Å². The summed E-state index contributed by atoms with van der Waals surface area (Å²) in [4.78, 5) is 16.0. The molecule has 1 atom stereocenters. The van der Waals surface area contributed by atoms with Crippen LogP contribution in [-0.2, 0) is 0 Å². The summed E-state index contributed by atoms with van der Waals surface area (Å²) < 4.78 is 5.59. The van der Waals surface area contributed by atoms with Crippen LogP contribution >= 0.6 is 11.3 Å². The van der Waals surface area contributed by atoms with Gasteiger partial charge in [0.15, 0.2) is 5.69 Å². The van der Waals surface area contributed by atoms with Gasteiger partial charge >= 0.3 is 5.97 Å². The highest BCUT2D eigenvalue weighted by Gasteiger charge is 2.23. The second-order valence-electron chi connectivity index (χ2n) is 3.82. The molecule has 0 spiro atoms. The number of aromatic nitrogens is 1. The first-order valence-corrected chi connectivity index (χ1v) is 6.29.